The number of aliphatic hydroxyl groups excluding tert-OH is 1. The molecule has 0 fully saturated rings. The van der Waals surface area contributed by atoms with Crippen molar-refractivity contribution in [3.05, 3.63) is 0 Å². The first-order valence-electron chi connectivity index (χ1n) is 35.6. The summed E-state index contributed by atoms with van der Waals surface area (Å²) < 4.78 is 68.0. The number of phosphoric ester groups is 2. The zero-order valence-corrected chi connectivity index (χ0v) is 57.9. The van der Waals surface area contributed by atoms with E-state index in [1.165, 1.54) is 167 Å². The number of esters is 4. The Kier molecular flexibility index (Phi) is 60.2. The Hall–Kier alpha value is -1.94. The van der Waals surface area contributed by atoms with E-state index in [0.29, 0.717) is 25.7 Å². The summed E-state index contributed by atoms with van der Waals surface area (Å²) >= 11 is 0. The number of rotatable bonds is 68. The van der Waals surface area contributed by atoms with Gasteiger partial charge in [-0.05, 0) is 31.6 Å². The lowest BCUT2D eigenvalue weighted by Gasteiger charge is -2.21. The zero-order chi connectivity index (χ0) is 64.2. The molecule has 0 aliphatic heterocycles. The third kappa shape index (κ3) is 62.6. The smallest absolute Gasteiger partial charge is 0.462 e. The van der Waals surface area contributed by atoms with Gasteiger partial charge in [-0.3, -0.25) is 37.3 Å². The van der Waals surface area contributed by atoms with E-state index < -0.39 is 97.5 Å². The second-order valence-corrected chi connectivity index (χ2v) is 27.9. The van der Waals surface area contributed by atoms with Crippen LogP contribution >= 0.6 is 15.6 Å². The summed E-state index contributed by atoms with van der Waals surface area (Å²) in [5, 5.41) is 10.5. The molecule has 0 aromatic carbocycles. The summed E-state index contributed by atoms with van der Waals surface area (Å²) in [5.41, 5.74) is 0. The van der Waals surface area contributed by atoms with E-state index >= 15 is 0 Å². The fourth-order valence-electron chi connectivity index (χ4n) is 10.3. The Bertz CT molecular complexity index is 1690. The van der Waals surface area contributed by atoms with Gasteiger partial charge in [-0.2, -0.15) is 0 Å². The predicted octanol–water partition coefficient (Wildman–Crippen LogP) is 19.4. The van der Waals surface area contributed by atoms with Gasteiger partial charge in [-0.1, -0.05) is 298 Å². The number of carbonyl (C=O) groups is 4. The number of phosphoric acid groups is 2. The first-order valence-corrected chi connectivity index (χ1v) is 38.6. The normalized spacial score (nSPS) is 14.1. The summed E-state index contributed by atoms with van der Waals surface area (Å²) in [7, 11) is -9.89. The number of aliphatic hydroxyl groups is 1. The Morgan fingerprint density at radius 3 is 0.782 bits per heavy atom. The molecule has 0 bridgehead atoms. The zero-order valence-electron chi connectivity index (χ0n) is 56.2. The second-order valence-electron chi connectivity index (χ2n) is 25.0. The highest BCUT2D eigenvalue weighted by Gasteiger charge is 2.30. The summed E-state index contributed by atoms with van der Waals surface area (Å²) in [6, 6.07) is 0. The van der Waals surface area contributed by atoms with Crippen LogP contribution in [0.5, 0.6) is 0 Å². The highest BCUT2D eigenvalue weighted by molar-refractivity contribution is 7.47. The van der Waals surface area contributed by atoms with Crippen molar-refractivity contribution >= 4 is 39.5 Å². The Balaban J connectivity index is 5.16. The van der Waals surface area contributed by atoms with Crippen molar-refractivity contribution in [3.63, 3.8) is 0 Å². The van der Waals surface area contributed by atoms with Gasteiger partial charge in [0.2, 0.25) is 0 Å². The van der Waals surface area contributed by atoms with Crippen LogP contribution in [-0.4, -0.2) is 96.7 Å². The van der Waals surface area contributed by atoms with Crippen molar-refractivity contribution in [2.24, 2.45) is 5.92 Å². The van der Waals surface area contributed by atoms with Crippen LogP contribution in [-0.2, 0) is 65.4 Å². The van der Waals surface area contributed by atoms with Gasteiger partial charge in [0, 0.05) is 25.7 Å². The lowest BCUT2D eigenvalue weighted by molar-refractivity contribution is -0.161. The molecule has 0 aliphatic rings. The molecule has 3 N–H and O–H groups in total. The molecule has 0 aliphatic carbocycles. The molecule has 0 saturated heterocycles. The summed E-state index contributed by atoms with van der Waals surface area (Å²) in [4.78, 5) is 72.2. The average molecular weight is 1280 g/mol. The van der Waals surface area contributed by atoms with Crippen LogP contribution in [0.3, 0.4) is 0 Å². The van der Waals surface area contributed by atoms with Crippen LogP contribution in [0.25, 0.3) is 0 Å². The predicted molar refractivity (Wildman–Crippen MR) is 349 cm³/mol. The molecule has 0 spiro atoms. The molecule has 5 atom stereocenters. The Morgan fingerprint density at radius 1 is 0.310 bits per heavy atom. The summed E-state index contributed by atoms with van der Waals surface area (Å²) in [5.74, 6) is -1.40. The fourth-order valence-corrected chi connectivity index (χ4v) is 11.9. The van der Waals surface area contributed by atoms with E-state index in [1.807, 2.05) is 0 Å². The largest absolute Gasteiger partial charge is 0.472 e. The lowest BCUT2D eigenvalue weighted by atomic mass is 10.0. The van der Waals surface area contributed by atoms with E-state index in [4.69, 9.17) is 37.0 Å². The van der Waals surface area contributed by atoms with Gasteiger partial charge in [0.1, 0.15) is 19.3 Å². The molecule has 87 heavy (non-hydrogen) atoms. The monoisotopic (exact) mass is 1280 g/mol. The lowest BCUT2D eigenvalue weighted by Crippen LogP contribution is -2.30. The number of hydrogen-bond donors (Lipinski definition) is 3. The number of carbonyl (C=O) groups excluding carboxylic acids is 4. The van der Waals surface area contributed by atoms with Gasteiger partial charge in [0.05, 0.1) is 26.4 Å². The molecule has 0 aromatic rings. The van der Waals surface area contributed by atoms with E-state index in [9.17, 15) is 43.2 Å². The number of unbranched alkanes of at least 4 members (excludes halogenated alkanes) is 40. The molecule has 0 heterocycles. The molecule has 0 amide bonds. The van der Waals surface area contributed by atoms with E-state index in [1.54, 1.807) is 0 Å². The maximum atomic E-state index is 13.0. The number of hydrogen-bond acceptors (Lipinski definition) is 15. The van der Waals surface area contributed by atoms with Crippen molar-refractivity contribution in [1.82, 2.24) is 0 Å². The van der Waals surface area contributed by atoms with Crippen molar-refractivity contribution in [2.75, 3.05) is 39.6 Å². The molecular weight excluding hydrogens is 1150 g/mol. The standard InChI is InChI=1S/C68H132O17P2/c1-6-9-12-15-17-19-21-23-25-26-28-30-34-38-43-48-53-67(72)85-64(58-79-66(71)52-47-42-37-33-29-27-24-22-20-18-16-13-10-7-2)60-83-87(76,77)81-56-62(69)55-80-86(74,75)82-59-63(57-78-65(70)51-46-40-14-11-8-3)84-68(73)54-49-44-39-35-31-32-36-41-45-50-61(4)5/h61-64,69H,6-60H2,1-5H3,(H,74,75)(H,76,77)/t62-,63+,64+/m0/s1. The Labute approximate surface area is 530 Å². The molecule has 0 aromatic heterocycles. The van der Waals surface area contributed by atoms with Gasteiger partial charge in [-0.25, -0.2) is 9.13 Å². The van der Waals surface area contributed by atoms with E-state index in [2.05, 4.69) is 34.6 Å². The quantitative estimate of drug-likeness (QED) is 0.0222. The molecule has 2 unspecified atom stereocenters. The van der Waals surface area contributed by atoms with Crippen molar-refractivity contribution in [2.45, 2.75) is 368 Å². The average Bonchev–Trinajstić information content (AvgIpc) is 3.52. The van der Waals surface area contributed by atoms with Crippen LogP contribution in [0.2, 0.25) is 0 Å². The van der Waals surface area contributed by atoms with Crippen molar-refractivity contribution in [3.8, 4) is 0 Å². The first kappa shape index (κ1) is 85.1. The SMILES string of the molecule is CCCCCCCCCCCCCCCCCCC(=O)O[C@H](COC(=O)CCCCCCCCCCCCCCCC)COP(=O)(O)OC[C@@H](O)COP(=O)(O)OC[C@@H](COC(=O)CCCCCCC)OC(=O)CCCCCCCCCCCC(C)C. The highest BCUT2D eigenvalue weighted by Crippen LogP contribution is 2.45. The van der Waals surface area contributed by atoms with Crippen LogP contribution in [0, 0.1) is 5.92 Å². The van der Waals surface area contributed by atoms with Crippen LogP contribution in [0.4, 0.5) is 0 Å². The minimum Gasteiger partial charge on any atom is -0.462 e. The summed E-state index contributed by atoms with van der Waals surface area (Å²) in [6.45, 7) is 7.13. The van der Waals surface area contributed by atoms with Crippen molar-refractivity contribution in [1.29, 1.82) is 0 Å². The molecule has 0 saturated carbocycles. The fraction of sp³-hybridized carbons (Fsp3) is 0.941. The van der Waals surface area contributed by atoms with Gasteiger partial charge in [-0.15, -0.1) is 0 Å². The third-order valence-corrected chi connectivity index (χ3v) is 17.7. The maximum absolute atomic E-state index is 13.0. The van der Waals surface area contributed by atoms with Crippen molar-refractivity contribution < 1.29 is 80.2 Å². The molecule has 0 rings (SSSR count). The van der Waals surface area contributed by atoms with Crippen LogP contribution < -0.4 is 0 Å². The molecular formula is C68H132O17P2. The van der Waals surface area contributed by atoms with Crippen LogP contribution in [0.1, 0.15) is 349 Å². The third-order valence-electron chi connectivity index (χ3n) is 15.8. The molecule has 516 valence electrons. The molecule has 19 heteroatoms. The molecule has 0 radical (unpaired) electrons. The topological polar surface area (TPSA) is 237 Å². The van der Waals surface area contributed by atoms with Crippen LogP contribution in [0.15, 0.2) is 0 Å². The maximum Gasteiger partial charge on any atom is 0.472 e. The van der Waals surface area contributed by atoms with E-state index in [-0.39, 0.29) is 25.7 Å². The van der Waals surface area contributed by atoms with Gasteiger partial charge in [0.25, 0.3) is 0 Å². The minimum atomic E-state index is -4.95. The van der Waals surface area contributed by atoms with Gasteiger partial charge in [0.15, 0.2) is 12.2 Å². The molecule has 17 nitrogen and oxygen atoms in total. The minimum absolute atomic E-state index is 0.105. The van der Waals surface area contributed by atoms with E-state index in [0.717, 1.165) is 102 Å². The van der Waals surface area contributed by atoms with Gasteiger partial charge < -0.3 is 33.8 Å². The summed E-state index contributed by atoms with van der Waals surface area (Å²) in [6.07, 6.45) is 47.5. The van der Waals surface area contributed by atoms with Gasteiger partial charge >= 0.3 is 39.5 Å². The first-order chi connectivity index (χ1) is 42.0. The second kappa shape index (κ2) is 61.6. The Morgan fingerprint density at radius 2 is 0.529 bits per heavy atom. The highest BCUT2D eigenvalue weighted by atomic mass is 31.2. The number of ether oxygens (including phenoxy) is 4.